The number of hydrogen-bond acceptors (Lipinski definition) is 7. The van der Waals surface area contributed by atoms with Crippen molar-refractivity contribution in [1.82, 2.24) is 19.5 Å². The topological polar surface area (TPSA) is 160 Å². The summed E-state index contributed by atoms with van der Waals surface area (Å²) in [4.78, 5) is 34.9. The van der Waals surface area contributed by atoms with E-state index in [-0.39, 0.29) is 18.9 Å². The van der Waals surface area contributed by atoms with E-state index in [0.29, 0.717) is 17.0 Å². The van der Waals surface area contributed by atoms with Crippen LogP contribution in [0.1, 0.15) is 19.1 Å². The molecule has 2 atom stereocenters. The average Bonchev–Trinajstić information content (AvgIpc) is 3.02. The van der Waals surface area contributed by atoms with Crippen LogP contribution in [0, 0.1) is 0 Å². The first-order chi connectivity index (χ1) is 10.3. The van der Waals surface area contributed by atoms with Crippen molar-refractivity contribution < 1.29 is 24.5 Å². The predicted octanol–water partition coefficient (Wildman–Crippen LogP) is -0.734. The number of anilines is 1. The van der Waals surface area contributed by atoms with Gasteiger partial charge >= 0.3 is 6.72 Å². The zero-order valence-electron chi connectivity index (χ0n) is 11.3. The Bertz CT molecular complexity index is 683. The highest BCUT2D eigenvalue weighted by molar-refractivity contribution is 8.06. The fourth-order valence-electron chi connectivity index (χ4n) is 2.11. The summed E-state index contributed by atoms with van der Waals surface area (Å²) in [5.41, 5.74) is 6.97. The molecule has 0 aliphatic carbocycles. The minimum absolute atomic E-state index is 0.0419. The molecule has 6 N–H and O–H groups in total. The van der Waals surface area contributed by atoms with Gasteiger partial charge in [0, 0.05) is 0 Å². The van der Waals surface area contributed by atoms with Crippen LogP contribution in [0.15, 0.2) is 12.7 Å². The molecule has 0 unspecified atom stereocenters. The molecule has 2 aromatic heterocycles. The predicted molar refractivity (Wildman–Crippen MR) is 80.9 cm³/mol. The van der Waals surface area contributed by atoms with Crippen LogP contribution in [-0.4, -0.2) is 52.0 Å². The maximum atomic E-state index is 9.04. The molecule has 0 saturated carbocycles. The second kappa shape index (κ2) is 6.92. The molecule has 1 aliphatic rings. The van der Waals surface area contributed by atoms with E-state index in [9.17, 15) is 0 Å². The molecule has 1 fully saturated rings. The molecule has 0 bridgehead atoms. The van der Waals surface area contributed by atoms with Gasteiger partial charge in [-0.05, 0) is 24.6 Å². The number of nitrogen functional groups attached to an aromatic ring is 1. The lowest BCUT2D eigenvalue weighted by atomic mass is 10.2. The lowest BCUT2D eigenvalue weighted by Gasteiger charge is -2.13. The Morgan fingerprint density at radius 3 is 2.59 bits per heavy atom. The third-order valence-electron chi connectivity index (χ3n) is 2.99. The Morgan fingerprint density at radius 2 is 2.00 bits per heavy atom. The molecule has 0 spiro atoms. The van der Waals surface area contributed by atoms with E-state index in [0.717, 1.165) is 12.8 Å². The standard InChI is InChI=1S/C10H13N5O2.H3O3PS/c11-9-8-10(13-4-12-9)15(5-14-8)7-2-1-6(3-16)17-7;1-4(2,3)5/h4-7,16H,1-3H2,(H2,11,12,13);(H3,1,2,3,5)/t6-,7+;/m0./s1. The highest BCUT2D eigenvalue weighted by Gasteiger charge is 2.27. The van der Waals surface area contributed by atoms with E-state index in [1.807, 2.05) is 4.57 Å². The third kappa shape index (κ3) is 4.40. The minimum atomic E-state index is -3.81. The molecule has 1 saturated heterocycles. The molecular formula is C10H16N5O5PS. The van der Waals surface area contributed by atoms with E-state index in [1.54, 1.807) is 6.33 Å². The fraction of sp³-hybridized carbons (Fsp3) is 0.500. The van der Waals surface area contributed by atoms with Crippen LogP contribution in [-0.2, 0) is 16.5 Å². The molecular weight excluding hydrogens is 333 g/mol. The van der Waals surface area contributed by atoms with Crippen LogP contribution in [0.4, 0.5) is 5.82 Å². The highest BCUT2D eigenvalue weighted by atomic mass is 32.5. The molecule has 22 heavy (non-hydrogen) atoms. The Morgan fingerprint density at radius 1 is 1.32 bits per heavy atom. The summed E-state index contributed by atoms with van der Waals surface area (Å²) in [5, 5.41) is 9.04. The van der Waals surface area contributed by atoms with E-state index in [1.165, 1.54) is 6.33 Å². The SMILES string of the molecule is Nc1ncnc2c1ncn2[C@H]1CC[C@@H](CO)O1.OP(O)(O)=S. The van der Waals surface area contributed by atoms with Crippen LogP contribution >= 0.6 is 6.72 Å². The van der Waals surface area contributed by atoms with Gasteiger partial charge in [0.05, 0.1) is 19.0 Å². The third-order valence-corrected chi connectivity index (χ3v) is 2.99. The van der Waals surface area contributed by atoms with Crippen LogP contribution in [0.3, 0.4) is 0 Å². The average molecular weight is 349 g/mol. The summed E-state index contributed by atoms with van der Waals surface area (Å²) >= 11 is 3.60. The summed E-state index contributed by atoms with van der Waals surface area (Å²) in [7, 11) is 0. The fourth-order valence-corrected chi connectivity index (χ4v) is 2.11. The second-order valence-electron chi connectivity index (χ2n) is 4.57. The van der Waals surface area contributed by atoms with Crippen molar-refractivity contribution in [2.45, 2.75) is 25.2 Å². The molecule has 12 heteroatoms. The maximum absolute atomic E-state index is 9.04. The minimum Gasteiger partial charge on any atom is -0.394 e. The van der Waals surface area contributed by atoms with Gasteiger partial charge in [-0.15, -0.1) is 0 Å². The van der Waals surface area contributed by atoms with E-state index < -0.39 is 6.72 Å². The number of ether oxygens (including phenoxy) is 1. The summed E-state index contributed by atoms with van der Waals surface area (Å²) in [6.07, 6.45) is 4.50. The Kier molecular flexibility index (Phi) is 5.40. The van der Waals surface area contributed by atoms with Crippen molar-refractivity contribution in [2.75, 3.05) is 12.3 Å². The number of hydrogen-bond donors (Lipinski definition) is 5. The monoisotopic (exact) mass is 349 g/mol. The molecule has 3 rings (SSSR count). The zero-order valence-corrected chi connectivity index (χ0v) is 13.1. The first-order valence-corrected chi connectivity index (χ1v) is 8.93. The number of nitrogens with zero attached hydrogens (tertiary/aromatic N) is 4. The highest BCUT2D eigenvalue weighted by Crippen LogP contribution is 2.30. The van der Waals surface area contributed by atoms with Gasteiger partial charge in [0.25, 0.3) is 0 Å². The first-order valence-electron chi connectivity index (χ1n) is 6.27. The number of aliphatic hydroxyl groups is 1. The number of imidazole rings is 1. The van der Waals surface area contributed by atoms with E-state index >= 15 is 0 Å². The summed E-state index contributed by atoms with van der Waals surface area (Å²) in [5.74, 6) is 0.366. The van der Waals surface area contributed by atoms with Gasteiger partial charge in [-0.3, -0.25) is 4.57 Å². The normalized spacial score (nSPS) is 21.6. The molecule has 10 nitrogen and oxygen atoms in total. The van der Waals surface area contributed by atoms with E-state index in [2.05, 4.69) is 26.8 Å². The largest absolute Gasteiger partial charge is 0.394 e. The molecule has 1 aliphatic heterocycles. The van der Waals surface area contributed by atoms with Gasteiger partial charge in [-0.25, -0.2) is 15.0 Å². The Labute approximate surface area is 130 Å². The van der Waals surface area contributed by atoms with Crippen molar-refractivity contribution in [1.29, 1.82) is 0 Å². The van der Waals surface area contributed by atoms with Gasteiger partial charge in [-0.1, -0.05) is 0 Å². The summed E-state index contributed by atoms with van der Waals surface area (Å²) < 4.78 is 7.51. The maximum Gasteiger partial charge on any atom is 0.319 e. The van der Waals surface area contributed by atoms with Crippen molar-refractivity contribution in [2.24, 2.45) is 0 Å². The van der Waals surface area contributed by atoms with Crippen molar-refractivity contribution in [3.8, 4) is 0 Å². The van der Waals surface area contributed by atoms with Gasteiger partial charge in [0.1, 0.15) is 18.1 Å². The Balaban J connectivity index is 0.000000309. The molecule has 2 aromatic rings. The Hall–Kier alpha value is -1.20. The molecule has 3 heterocycles. The van der Waals surface area contributed by atoms with Gasteiger partial charge in [0.2, 0.25) is 0 Å². The second-order valence-corrected chi connectivity index (χ2v) is 7.07. The van der Waals surface area contributed by atoms with Gasteiger partial charge < -0.3 is 30.3 Å². The molecule has 122 valence electrons. The smallest absolute Gasteiger partial charge is 0.319 e. The van der Waals surface area contributed by atoms with Crippen LogP contribution in [0.25, 0.3) is 11.2 Å². The van der Waals surface area contributed by atoms with Crippen LogP contribution in [0.2, 0.25) is 0 Å². The lowest BCUT2D eigenvalue weighted by molar-refractivity contribution is -0.0207. The van der Waals surface area contributed by atoms with Crippen molar-refractivity contribution in [3.63, 3.8) is 0 Å². The van der Waals surface area contributed by atoms with Crippen LogP contribution < -0.4 is 5.73 Å². The number of aromatic nitrogens is 4. The lowest BCUT2D eigenvalue weighted by Crippen LogP contribution is -2.14. The number of nitrogens with two attached hydrogens (primary N) is 1. The zero-order chi connectivity index (χ0) is 16.3. The summed E-state index contributed by atoms with van der Waals surface area (Å²) in [6, 6.07) is 0. The van der Waals surface area contributed by atoms with Gasteiger partial charge in [-0.2, -0.15) is 0 Å². The van der Waals surface area contributed by atoms with Crippen molar-refractivity contribution >= 4 is 35.5 Å². The molecule has 0 radical (unpaired) electrons. The van der Waals surface area contributed by atoms with E-state index in [4.69, 9.17) is 30.3 Å². The number of fused-ring (bicyclic) bond motifs is 1. The van der Waals surface area contributed by atoms with Crippen molar-refractivity contribution in [3.05, 3.63) is 12.7 Å². The van der Waals surface area contributed by atoms with Crippen LogP contribution in [0.5, 0.6) is 0 Å². The number of rotatable bonds is 2. The molecule has 0 amide bonds. The number of aliphatic hydroxyl groups excluding tert-OH is 1. The molecule has 0 aromatic carbocycles. The quantitative estimate of drug-likeness (QED) is 0.437. The summed E-state index contributed by atoms with van der Waals surface area (Å²) in [6.45, 7) is -3.76. The first kappa shape index (κ1) is 17.2. The van der Waals surface area contributed by atoms with Gasteiger partial charge in [0.15, 0.2) is 11.5 Å².